The molecule has 1 aliphatic heterocycles. The maximum absolute atomic E-state index is 11.8. The molecule has 118 valence electrons. The first kappa shape index (κ1) is 16.3. The molecule has 1 heterocycles. The van der Waals surface area contributed by atoms with E-state index in [2.05, 4.69) is 11.9 Å². The first-order chi connectivity index (χ1) is 10.7. The lowest BCUT2D eigenvalue weighted by Crippen LogP contribution is -2.03. The number of rotatable bonds is 8. The molecule has 0 aromatic heterocycles. The lowest BCUT2D eigenvalue weighted by molar-refractivity contribution is -0.130. The van der Waals surface area contributed by atoms with Gasteiger partial charge in [-0.1, -0.05) is 51.2 Å². The number of hydrogen-bond donors (Lipinski definition) is 1. The Balaban J connectivity index is 1.84. The van der Waals surface area contributed by atoms with Crippen LogP contribution in [0.4, 0.5) is 0 Å². The van der Waals surface area contributed by atoms with Gasteiger partial charge < -0.3 is 9.84 Å². The Kier molecular flexibility index (Phi) is 6.19. The van der Waals surface area contributed by atoms with E-state index in [4.69, 9.17) is 4.74 Å². The number of benzene rings is 1. The Hall–Kier alpha value is -2.10. The summed E-state index contributed by atoms with van der Waals surface area (Å²) in [5.74, 6) is 0.322. The number of esters is 1. The molecular formula is C18H23NO3. The number of phenols is 1. The van der Waals surface area contributed by atoms with Crippen molar-refractivity contribution in [1.29, 1.82) is 0 Å². The minimum absolute atomic E-state index is 0.198. The van der Waals surface area contributed by atoms with Gasteiger partial charge in [0.1, 0.15) is 5.75 Å². The van der Waals surface area contributed by atoms with Crippen LogP contribution in [0, 0.1) is 0 Å². The van der Waals surface area contributed by atoms with Gasteiger partial charge in [0, 0.05) is 6.42 Å². The second-order valence-electron chi connectivity index (χ2n) is 5.53. The molecule has 0 bridgehead atoms. The molecule has 1 aliphatic rings. The van der Waals surface area contributed by atoms with Crippen molar-refractivity contribution in [3.05, 3.63) is 35.5 Å². The third-order valence-corrected chi connectivity index (χ3v) is 3.61. The Labute approximate surface area is 131 Å². The summed E-state index contributed by atoms with van der Waals surface area (Å²) < 4.78 is 5.19. The highest BCUT2D eigenvalue weighted by molar-refractivity contribution is 6.07. The first-order valence-corrected chi connectivity index (χ1v) is 7.99. The molecule has 0 atom stereocenters. The van der Waals surface area contributed by atoms with Crippen molar-refractivity contribution in [2.24, 2.45) is 4.99 Å². The van der Waals surface area contributed by atoms with Crippen LogP contribution >= 0.6 is 0 Å². The van der Waals surface area contributed by atoms with Crippen LogP contribution in [0.15, 0.2) is 35.0 Å². The zero-order valence-corrected chi connectivity index (χ0v) is 13.0. The lowest BCUT2D eigenvalue weighted by Gasteiger charge is -2.00. The number of aromatic hydroxyl groups is 1. The second-order valence-corrected chi connectivity index (χ2v) is 5.53. The van der Waals surface area contributed by atoms with Gasteiger partial charge in [-0.2, -0.15) is 0 Å². The Morgan fingerprint density at radius 1 is 1.09 bits per heavy atom. The third-order valence-electron chi connectivity index (χ3n) is 3.61. The normalized spacial score (nSPS) is 16.0. The zero-order valence-electron chi connectivity index (χ0n) is 13.0. The number of carbonyl (C=O) groups excluding carboxylic acids is 1. The number of hydrogen-bond acceptors (Lipinski definition) is 4. The van der Waals surface area contributed by atoms with Crippen molar-refractivity contribution in [2.75, 3.05) is 0 Å². The molecule has 4 nitrogen and oxygen atoms in total. The van der Waals surface area contributed by atoms with Crippen molar-refractivity contribution < 1.29 is 14.6 Å². The molecule has 22 heavy (non-hydrogen) atoms. The van der Waals surface area contributed by atoms with Crippen LogP contribution in [0.1, 0.15) is 57.4 Å². The largest absolute Gasteiger partial charge is 0.508 e. The fourth-order valence-electron chi connectivity index (χ4n) is 2.35. The molecule has 0 saturated carbocycles. The summed E-state index contributed by atoms with van der Waals surface area (Å²) in [7, 11) is 0. The van der Waals surface area contributed by atoms with Crippen LogP contribution in [0.3, 0.4) is 0 Å². The highest BCUT2D eigenvalue weighted by atomic mass is 16.6. The molecule has 0 spiro atoms. The maximum Gasteiger partial charge on any atom is 0.363 e. The molecule has 0 radical (unpaired) electrons. The number of unbranched alkanes of at least 4 members (excludes halogenated alkanes) is 5. The van der Waals surface area contributed by atoms with Crippen LogP contribution in [-0.4, -0.2) is 17.0 Å². The van der Waals surface area contributed by atoms with E-state index in [1.807, 2.05) is 0 Å². The fourth-order valence-corrected chi connectivity index (χ4v) is 2.35. The summed E-state index contributed by atoms with van der Waals surface area (Å²) in [6.07, 6.45) is 9.57. The van der Waals surface area contributed by atoms with Crippen LogP contribution in [-0.2, 0) is 9.53 Å². The number of aliphatic imine (C=N–C) groups is 1. The van der Waals surface area contributed by atoms with Gasteiger partial charge in [0.2, 0.25) is 0 Å². The zero-order chi connectivity index (χ0) is 15.8. The van der Waals surface area contributed by atoms with E-state index in [0.717, 1.165) is 18.4 Å². The van der Waals surface area contributed by atoms with Crippen LogP contribution in [0.5, 0.6) is 5.75 Å². The SMILES string of the molecule is CCCCCCCCC1=N/C(=C\c2ccc(O)cc2)C(=O)O1. The molecule has 1 aromatic rings. The van der Waals surface area contributed by atoms with Crippen molar-refractivity contribution in [3.63, 3.8) is 0 Å². The number of phenolic OH excluding ortho intramolecular Hbond substituents is 1. The van der Waals surface area contributed by atoms with E-state index < -0.39 is 5.97 Å². The number of carbonyl (C=O) groups is 1. The van der Waals surface area contributed by atoms with Gasteiger partial charge in [-0.15, -0.1) is 0 Å². The van der Waals surface area contributed by atoms with Gasteiger partial charge in [-0.25, -0.2) is 9.79 Å². The number of ether oxygens (including phenoxy) is 1. The Bertz CT molecular complexity index is 558. The van der Waals surface area contributed by atoms with Gasteiger partial charge in [0.15, 0.2) is 11.6 Å². The standard InChI is InChI=1S/C18H23NO3/c1-2-3-4-5-6-7-8-17-19-16(18(21)22-17)13-14-9-11-15(20)12-10-14/h9-13,20H,2-8H2,1H3/b16-13-. The van der Waals surface area contributed by atoms with E-state index in [1.54, 1.807) is 30.3 Å². The molecule has 1 aromatic carbocycles. The van der Waals surface area contributed by atoms with Crippen molar-refractivity contribution in [3.8, 4) is 5.75 Å². The van der Waals surface area contributed by atoms with Gasteiger partial charge in [-0.05, 0) is 30.2 Å². The summed E-state index contributed by atoms with van der Waals surface area (Å²) in [6.45, 7) is 2.20. The molecule has 0 unspecified atom stereocenters. The van der Waals surface area contributed by atoms with E-state index >= 15 is 0 Å². The van der Waals surface area contributed by atoms with Crippen LogP contribution < -0.4 is 0 Å². The Morgan fingerprint density at radius 2 is 1.77 bits per heavy atom. The van der Waals surface area contributed by atoms with Gasteiger partial charge >= 0.3 is 5.97 Å². The molecular weight excluding hydrogens is 278 g/mol. The van der Waals surface area contributed by atoms with Gasteiger partial charge in [-0.3, -0.25) is 0 Å². The molecule has 0 fully saturated rings. The molecule has 0 saturated heterocycles. The summed E-state index contributed by atoms with van der Waals surface area (Å²) in [5.41, 5.74) is 1.14. The minimum Gasteiger partial charge on any atom is -0.508 e. The van der Waals surface area contributed by atoms with Crippen molar-refractivity contribution in [1.82, 2.24) is 0 Å². The van der Waals surface area contributed by atoms with Gasteiger partial charge in [0.25, 0.3) is 0 Å². The van der Waals surface area contributed by atoms with E-state index in [1.165, 1.54) is 25.7 Å². The summed E-state index contributed by atoms with van der Waals surface area (Å²) >= 11 is 0. The van der Waals surface area contributed by atoms with E-state index in [0.29, 0.717) is 18.0 Å². The number of cyclic esters (lactones) is 1. The van der Waals surface area contributed by atoms with Crippen molar-refractivity contribution >= 4 is 17.9 Å². The molecule has 0 aliphatic carbocycles. The lowest BCUT2D eigenvalue weighted by atomic mass is 10.1. The Morgan fingerprint density at radius 3 is 2.50 bits per heavy atom. The molecule has 0 amide bonds. The van der Waals surface area contributed by atoms with Gasteiger partial charge in [0.05, 0.1) is 0 Å². The summed E-state index contributed by atoms with van der Waals surface area (Å²) in [6, 6.07) is 6.62. The predicted molar refractivity (Wildman–Crippen MR) is 87.6 cm³/mol. The smallest absolute Gasteiger partial charge is 0.363 e. The molecule has 1 N–H and O–H groups in total. The average molecular weight is 301 g/mol. The van der Waals surface area contributed by atoms with Crippen LogP contribution in [0.25, 0.3) is 6.08 Å². The van der Waals surface area contributed by atoms with Crippen molar-refractivity contribution in [2.45, 2.75) is 51.9 Å². The third kappa shape index (κ3) is 5.02. The summed E-state index contributed by atoms with van der Waals surface area (Å²) in [4.78, 5) is 16.0. The highest BCUT2D eigenvalue weighted by Crippen LogP contribution is 2.19. The number of nitrogens with zero attached hydrogens (tertiary/aromatic N) is 1. The molecule has 2 rings (SSSR count). The molecule has 4 heteroatoms. The average Bonchev–Trinajstić information content (AvgIpc) is 2.85. The summed E-state index contributed by atoms with van der Waals surface area (Å²) in [5, 5.41) is 9.25. The second kappa shape index (κ2) is 8.37. The van der Waals surface area contributed by atoms with E-state index in [-0.39, 0.29) is 5.75 Å². The highest BCUT2D eigenvalue weighted by Gasteiger charge is 2.22. The minimum atomic E-state index is -0.394. The first-order valence-electron chi connectivity index (χ1n) is 7.99. The fraction of sp³-hybridized carbons (Fsp3) is 0.444. The van der Waals surface area contributed by atoms with E-state index in [9.17, 15) is 9.90 Å². The topological polar surface area (TPSA) is 58.9 Å². The predicted octanol–water partition coefficient (Wildman–Crippen LogP) is 4.44. The van der Waals surface area contributed by atoms with Crippen LogP contribution in [0.2, 0.25) is 0 Å². The quantitative estimate of drug-likeness (QED) is 0.439. The maximum atomic E-state index is 11.8. The monoisotopic (exact) mass is 301 g/mol.